The van der Waals surface area contributed by atoms with E-state index in [1.54, 1.807) is 14.2 Å². The molecular weight excluding hydrogens is 264 g/mol. The molecule has 1 aromatic carbocycles. The third-order valence-corrected chi connectivity index (χ3v) is 4.48. The predicted molar refractivity (Wildman–Crippen MR) is 87.3 cm³/mol. The average molecular weight is 292 g/mol. The van der Waals surface area contributed by atoms with Crippen LogP contribution in [0.4, 0.5) is 5.69 Å². The van der Waals surface area contributed by atoms with E-state index in [4.69, 9.17) is 15.2 Å². The van der Waals surface area contributed by atoms with Crippen molar-refractivity contribution in [3.05, 3.63) is 18.2 Å². The van der Waals surface area contributed by atoms with Gasteiger partial charge in [0, 0.05) is 25.2 Å². The number of benzene rings is 1. The third-order valence-electron chi connectivity index (χ3n) is 4.48. The highest BCUT2D eigenvalue weighted by atomic mass is 16.5. The molecule has 1 fully saturated rings. The van der Waals surface area contributed by atoms with Crippen LogP contribution in [0.2, 0.25) is 0 Å². The second kappa shape index (κ2) is 7.03. The second-order valence-corrected chi connectivity index (χ2v) is 6.28. The van der Waals surface area contributed by atoms with Crippen molar-refractivity contribution >= 4 is 5.69 Å². The zero-order valence-corrected chi connectivity index (χ0v) is 13.6. The normalized spacial score (nSPS) is 19.9. The van der Waals surface area contributed by atoms with Crippen LogP contribution >= 0.6 is 0 Å². The van der Waals surface area contributed by atoms with Gasteiger partial charge in [0.1, 0.15) is 11.5 Å². The van der Waals surface area contributed by atoms with Crippen molar-refractivity contribution in [1.82, 2.24) is 0 Å². The average Bonchev–Trinajstić information content (AvgIpc) is 2.94. The molecule has 0 aromatic heterocycles. The monoisotopic (exact) mass is 292 g/mol. The number of rotatable bonds is 6. The maximum absolute atomic E-state index is 6.21. The number of anilines is 1. The standard InChI is InChI=1S/C17H28N2O2/c1-12(2)15(18)9-13-7-8-19(11-13)16-6-5-14(20-3)10-17(16)21-4/h5-6,10,12-13,15H,7-9,11,18H2,1-4H3. The summed E-state index contributed by atoms with van der Waals surface area (Å²) in [4.78, 5) is 2.40. The summed E-state index contributed by atoms with van der Waals surface area (Å²) in [6.07, 6.45) is 2.31. The molecule has 4 nitrogen and oxygen atoms in total. The highest BCUT2D eigenvalue weighted by molar-refractivity contribution is 5.61. The van der Waals surface area contributed by atoms with Gasteiger partial charge in [0.25, 0.3) is 0 Å². The van der Waals surface area contributed by atoms with E-state index in [2.05, 4.69) is 24.8 Å². The van der Waals surface area contributed by atoms with Crippen molar-refractivity contribution in [2.45, 2.75) is 32.7 Å². The molecule has 21 heavy (non-hydrogen) atoms. The Hall–Kier alpha value is -1.42. The summed E-state index contributed by atoms with van der Waals surface area (Å²) >= 11 is 0. The SMILES string of the molecule is COc1ccc(N2CCC(CC(N)C(C)C)C2)c(OC)c1. The van der Waals surface area contributed by atoms with Gasteiger partial charge in [-0.15, -0.1) is 0 Å². The van der Waals surface area contributed by atoms with E-state index in [-0.39, 0.29) is 0 Å². The highest BCUT2D eigenvalue weighted by Gasteiger charge is 2.26. The number of hydrogen-bond donors (Lipinski definition) is 1. The largest absolute Gasteiger partial charge is 0.497 e. The molecule has 118 valence electrons. The van der Waals surface area contributed by atoms with Crippen molar-refractivity contribution in [3.8, 4) is 11.5 Å². The van der Waals surface area contributed by atoms with Crippen molar-refractivity contribution in [2.24, 2.45) is 17.6 Å². The van der Waals surface area contributed by atoms with Gasteiger partial charge in [-0.2, -0.15) is 0 Å². The molecule has 0 bridgehead atoms. The van der Waals surface area contributed by atoms with Crippen LogP contribution in [-0.4, -0.2) is 33.4 Å². The molecule has 1 aliphatic rings. The van der Waals surface area contributed by atoms with Crippen LogP contribution in [0.15, 0.2) is 18.2 Å². The lowest BCUT2D eigenvalue weighted by Crippen LogP contribution is -2.30. The Morgan fingerprint density at radius 1 is 1.29 bits per heavy atom. The summed E-state index contributed by atoms with van der Waals surface area (Å²) in [5, 5.41) is 0. The predicted octanol–water partition coefficient (Wildman–Crippen LogP) is 2.90. The van der Waals surface area contributed by atoms with Crippen LogP contribution in [-0.2, 0) is 0 Å². The first-order chi connectivity index (χ1) is 10.0. The smallest absolute Gasteiger partial charge is 0.145 e. The molecule has 1 aromatic rings. The molecule has 0 spiro atoms. The summed E-state index contributed by atoms with van der Waals surface area (Å²) in [7, 11) is 3.38. The Balaban J connectivity index is 2.04. The quantitative estimate of drug-likeness (QED) is 0.876. The third kappa shape index (κ3) is 3.82. The maximum Gasteiger partial charge on any atom is 0.145 e. The molecule has 1 heterocycles. The topological polar surface area (TPSA) is 47.7 Å². The zero-order valence-electron chi connectivity index (χ0n) is 13.6. The summed E-state index contributed by atoms with van der Waals surface area (Å²) < 4.78 is 10.8. The van der Waals surface area contributed by atoms with Crippen LogP contribution < -0.4 is 20.1 Å². The highest BCUT2D eigenvalue weighted by Crippen LogP contribution is 2.36. The summed E-state index contributed by atoms with van der Waals surface area (Å²) in [5.41, 5.74) is 7.37. The van der Waals surface area contributed by atoms with Gasteiger partial charge < -0.3 is 20.1 Å². The van der Waals surface area contributed by atoms with Crippen molar-refractivity contribution in [1.29, 1.82) is 0 Å². The van der Waals surface area contributed by atoms with Crippen molar-refractivity contribution in [3.63, 3.8) is 0 Å². The lowest BCUT2D eigenvalue weighted by atomic mass is 9.93. The second-order valence-electron chi connectivity index (χ2n) is 6.28. The van der Waals surface area contributed by atoms with E-state index in [1.165, 1.54) is 6.42 Å². The molecule has 0 radical (unpaired) electrons. The van der Waals surface area contributed by atoms with Gasteiger partial charge in [-0.25, -0.2) is 0 Å². The molecule has 1 saturated heterocycles. The van der Waals surface area contributed by atoms with Gasteiger partial charge in [0.15, 0.2) is 0 Å². The lowest BCUT2D eigenvalue weighted by molar-refractivity contribution is 0.389. The lowest BCUT2D eigenvalue weighted by Gasteiger charge is -2.23. The summed E-state index contributed by atoms with van der Waals surface area (Å²) in [6, 6.07) is 6.32. The molecule has 0 amide bonds. The maximum atomic E-state index is 6.21. The first kappa shape index (κ1) is 16.0. The molecular formula is C17H28N2O2. The zero-order chi connectivity index (χ0) is 15.4. The van der Waals surface area contributed by atoms with E-state index in [0.717, 1.165) is 36.7 Å². The molecule has 2 rings (SSSR count). The minimum absolute atomic E-state index is 0.299. The number of ether oxygens (including phenoxy) is 2. The number of nitrogens with zero attached hydrogens (tertiary/aromatic N) is 1. The Bertz CT molecular complexity index is 462. The Morgan fingerprint density at radius 2 is 2.05 bits per heavy atom. The van der Waals surface area contributed by atoms with E-state index >= 15 is 0 Å². The molecule has 2 atom stereocenters. The summed E-state index contributed by atoms with van der Waals surface area (Å²) in [5.74, 6) is 2.93. The Labute approximate surface area is 128 Å². The van der Waals surface area contributed by atoms with E-state index in [1.807, 2.05) is 12.1 Å². The van der Waals surface area contributed by atoms with Gasteiger partial charge in [-0.05, 0) is 36.8 Å². The number of nitrogens with two attached hydrogens (primary N) is 1. The fraction of sp³-hybridized carbons (Fsp3) is 0.647. The van der Waals surface area contributed by atoms with Gasteiger partial charge in [-0.3, -0.25) is 0 Å². The first-order valence-corrected chi connectivity index (χ1v) is 7.77. The van der Waals surface area contributed by atoms with Crippen molar-refractivity contribution < 1.29 is 9.47 Å². The molecule has 4 heteroatoms. The van der Waals surface area contributed by atoms with E-state index in [9.17, 15) is 0 Å². The van der Waals surface area contributed by atoms with Crippen LogP contribution in [0.5, 0.6) is 11.5 Å². The van der Waals surface area contributed by atoms with Crippen LogP contribution in [0.3, 0.4) is 0 Å². The van der Waals surface area contributed by atoms with Crippen LogP contribution in [0, 0.1) is 11.8 Å². The Morgan fingerprint density at radius 3 is 2.67 bits per heavy atom. The van der Waals surface area contributed by atoms with E-state index < -0.39 is 0 Å². The molecule has 0 saturated carbocycles. The fourth-order valence-corrected chi connectivity index (χ4v) is 2.95. The fourth-order valence-electron chi connectivity index (χ4n) is 2.95. The van der Waals surface area contributed by atoms with Gasteiger partial charge >= 0.3 is 0 Å². The van der Waals surface area contributed by atoms with Gasteiger partial charge in [0.05, 0.1) is 19.9 Å². The minimum atomic E-state index is 0.299. The van der Waals surface area contributed by atoms with Crippen molar-refractivity contribution in [2.75, 3.05) is 32.2 Å². The van der Waals surface area contributed by atoms with Crippen LogP contribution in [0.25, 0.3) is 0 Å². The van der Waals surface area contributed by atoms with Gasteiger partial charge in [-0.1, -0.05) is 13.8 Å². The minimum Gasteiger partial charge on any atom is -0.497 e. The first-order valence-electron chi connectivity index (χ1n) is 7.77. The van der Waals surface area contributed by atoms with Crippen LogP contribution in [0.1, 0.15) is 26.7 Å². The molecule has 2 N–H and O–H groups in total. The van der Waals surface area contributed by atoms with E-state index in [0.29, 0.717) is 17.9 Å². The summed E-state index contributed by atoms with van der Waals surface area (Å²) in [6.45, 7) is 6.52. The molecule has 0 aliphatic carbocycles. The number of methoxy groups -OCH3 is 2. The van der Waals surface area contributed by atoms with Gasteiger partial charge in [0.2, 0.25) is 0 Å². The molecule has 1 aliphatic heterocycles. The molecule has 2 unspecified atom stereocenters. The Kier molecular flexibility index (Phi) is 5.34. The number of hydrogen-bond acceptors (Lipinski definition) is 4.